The zero-order valence-corrected chi connectivity index (χ0v) is 13.7. The summed E-state index contributed by atoms with van der Waals surface area (Å²) in [6, 6.07) is 10.8. The van der Waals surface area contributed by atoms with Crippen LogP contribution in [0.4, 0.5) is 5.95 Å². The number of piperidine rings is 1. The molecule has 2 saturated heterocycles. The first-order valence-electron chi connectivity index (χ1n) is 8.48. The van der Waals surface area contributed by atoms with Gasteiger partial charge in [0.15, 0.2) is 0 Å². The lowest BCUT2D eigenvalue weighted by molar-refractivity contribution is 0.0991. The lowest BCUT2D eigenvalue weighted by Gasteiger charge is -2.40. The largest absolute Gasteiger partial charge is 0.339 e. The van der Waals surface area contributed by atoms with E-state index in [0.29, 0.717) is 5.41 Å². The van der Waals surface area contributed by atoms with Crippen LogP contribution in [-0.4, -0.2) is 51.3 Å². The molecule has 1 spiro atoms. The van der Waals surface area contributed by atoms with Gasteiger partial charge in [-0.3, -0.25) is 4.90 Å². The van der Waals surface area contributed by atoms with Crippen molar-refractivity contribution < 1.29 is 0 Å². The molecule has 3 heterocycles. The smallest absolute Gasteiger partial charge is 0.245 e. The quantitative estimate of drug-likeness (QED) is 0.863. The van der Waals surface area contributed by atoms with E-state index in [9.17, 15) is 0 Å². The third kappa shape index (κ3) is 2.95. The van der Waals surface area contributed by atoms with Gasteiger partial charge in [0.25, 0.3) is 0 Å². The van der Waals surface area contributed by atoms with Crippen molar-refractivity contribution in [2.24, 2.45) is 12.5 Å². The second kappa shape index (κ2) is 5.92. The van der Waals surface area contributed by atoms with Gasteiger partial charge in [-0.25, -0.2) is 4.68 Å². The van der Waals surface area contributed by atoms with Gasteiger partial charge in [0.1, 0.15) is 0 Å². The molecular formula is C17H24N6. The average Bonchev–Trinajstić information content (AvgIpc) is 3.15. The summed E-state index contributed by atoms with van der Waals surface area (Å²) in [4.78, 5) is 4.98. The summed E-state index contributed by atoms with van der Waals surface area (Å²) < 4.78 is 1.78. The minimum absolute atomic E-state index is 0.402. The number of nitrogens with zero attached hydrogens (tertiary/aromatic N) is 6. The second-order valence-corrected chi connectivity index (χ2v) is 7.07. The van der Waals surface area contributed by atoms with Gasteiger partial charge < -0.3 is 4.90 Å². The van der Waals surface area contributed by atoms with E-state index < -0.39 is 0 Å². The summed E-state index contributed by atoms with van der Waals surface area (Å²) in [6.07, 6.45) is 3.85. The number of benzene rings is 1. The van der Waals surface area contributed by atoms with Crippen LogP contribution in [0, 0.1) is 5.41 Å². The van der Waals surface area contributed by atoms with E-state index in [1.54, 1.807) is 4.68 Å². The molecule has 122 valence electrons. The Hall–Kier alpha value is -1.95. The minimum atomic E-state index is 0.402. The van der Waals surface area contributed by atoms with Gasteiger partial charge in [0.2, 0.25) is 5.95 Å². The fourth-order valence-corrected chi connectivity index (χ4v) is 4.22. The van der Waals surface area contributed by atoms with Gasteiger partial charge in [-0.15, -0.1) is 0 Å². The summed E-state index contributed by atoms with van der Waals surface area (Å²) >= 11 is 0. The average molecular weight is 312 g/mol. The lowest BCUT2D eigenvalue weighted by Crippen LogP contribution is -2.44. The molecule has 6 heteroatoms. The molecule has 0 aliphatic carbocycles. The number of hydrogen-bond acceptors (Lipinski definition) is 5. The Labute approximate surface area is 137 Å². The number of hydrogen-bond donors (Lipinski definition) is 0. The number of likely N-dealkylation sites (tertiary alicyclic amines) is 1. The molecule has 2 aromatic rings. The highest BCUT2D eigenvalue weighted by Crippen LogP contribution is 2.40. The molecule has 1 atom stereocenters. The molecule has 0 radical (unpaired) electrons. The highest BCUT2D eigenvalue weighted by molar-refractivity contribution is 5.31. The van der Waals surface area contributed by atoms with Gasteiger partial charge in [0, 0.05) is 38.6 Å². The predicted molar refractivity (Wildman–Crippen MR) is 89.0 cm³/mol. The summed E-state index contributed by atoms with van der Waals surface area (Å²) in [7, 11) is 1.92. The van der Waals surface area contributed by atoms with Crippen molar-refractivity contribution in [3.63, 3.8) is 0 Å². The molecule has 1 unspecified atom stereocenters. The van der Waals surface area contributed by atoms with Crippen LogP contribution >= 0.6 is 0 Å². The summed E-state index contributed by atoms with van der Waals surface area (Å²) in [6.45, 7) is 5.60. The molecule has 1 aromatic heterocycles. The van der Waals surface area contributed by atoms with Gasteiger partial charge >= 0.3 is 0 Å². The third-order valence-electron chi connectivity index (χ3n) is 5.31. The van der Waals surface area contributed by atoms with Crippen molar-refractivity contribution in [2.45, 2.75) is 25.8 Å². The van der Waals surface area contributed by atoms with Crippen LogP contribution in [0.2, 0.25) is 0 Å². The van der Waals surface area contributed by atoms with Crippen molar-refractivity contribution in [3.8, 4) is 0 Å². The molecule has 0 saturated carbocycles. The van der Waals surface area contributed by atoms with Crippen LogP contribution in [-0.2, 0) is 13.6 Å². The molecule has 4 rings (SSSR count). The number of tetrazole rings is 1. The van der Waals surface area contributed by atoms with E-state index in [-0.39, 0.29) is 0 Å². The predicted octanol–water partition coefficient (Wildman–Crippen LogP) is 1.70. The number of rotatable bonds is 3. The maximum atomic E-state index is 4.18. The van der Waals surface area contributed by atoms with Crippen LogP contribution in [0.5, 0.6) is 0 Å². The normalized spacial score (nSPS) is 25.3. The lowest BCUT2D eigenvalue weighted by atomic mass is 9.79. The van der Waals surface area contributed by atoms with E-state index in [1.165, 1.54) is 37.9 Å². The first-order valence-corrected chi connectivity index (χ1v) is 8.48. The first-order chi connectivity index (χ1) is 11.2. The zero-order chi connectivity index (χ0) is 15.7. The van der Waals surface area contributed by atoms with Crippen LogP contribution in [0.3, 0.4) is 0 Å². The fourth-order valence-electron chi connectivity index (χ4n) is 4.22. The molecule has 2 fully saturated rings. The summed E-state index contributed by atoms with van der Waals surface area (Å²) in [5.74, 6) is 0.905. The molecular weight excluding hydrogens is 288 g/mol. The van der Waals surface area contributed by atoms with Crippen LogP contribution in [0.1, 0.15) is 24.8 Å². The maximum absolute atomic E-state index is 4.18. The highest BCUT2D eigenvalue weighted by Gasteiger charge is 2.42. The van der Waals surface area contributed by atoms with Gasteiger partial charge in [-0.2, -0.15) is 0 Å². The van der Waals surface area contributed by atoms with E-state index >= 15 is 0 Å². The molecule has 0 amide bonds. The second-order valence-electron chi connectivity index (χ2n) is 7.07. The van der Waals surface area contributed by atoms with Gasteiger partial charge in [0.05, 0.1) is 0 Å². The topological polar surface area (TPSA) is 50.1 Å². The van der Waals surface area contributed by atoms with Crippen molar-refractivity contribution in [1.82, 2.24) is 25.1 Å². The van der Waals surface area contributed by atoms with Crippen LogP contribution in [0.15, 0.2) is 30.3 Å². The monoisotopic (exact) mass is 312 g/mol. The number of aryl methyl sites for hydroxylation is 1. The molecule has 0 bridgehead atoms. The molecule has 6 nitrogen and oxygen atoms in total. The Kier molecular flexibility index (Phi) is 3.77. The van der Waals surface area contributed by atoms with Crippen molar-refractivity contribution >= 4 is 5.95 Å². The van der Waals surface area contributed by atoms with Crippen molar-refractivity contribution in [2.75, 3.05) is 31.1 Å². The van der Waals surface area contributed by atoms with Gasteiger partial charge in [-0.05, 0) is 41.8 Å². The summed E-state index contributed by atoms with van der Waals surface area (Å²) in [5.41, 5.74) is 1.82. The van der Waals surface area contributed by atoms with E-state index in [2.05, 4.69) is 55.7 Å². The Morgan fingerprint density at radius 1 is 1.09 bits per heavy atom. The Morgan fingerprint density at radius 3 is 2.74 bits per heavy atom. The van der Waals surface area contributed by atoms with Crippen LogP contribution in [0.25, 0.3) is 0 Å². The third-order valence-corrected chi connectivity index (χ3v) is 5.31. The van der Waals surface area contributed by atoms with E-state index in [1.807, 2.05) is 7.05 Å². The first kappa shape index (κ1) is 14.6. The Bertz CT molecular complexity index is 654. The zero-order valence-electron chi connectivity index (χ0n) is 13.7. The SMILES string of the molecule is Cn1nnnc1N1CCC2(CCCN(Cc3ccccc3)C2)C1. The molecule has 2 aliphatic heterocycles. The van der Waals surface area contributed by atoms with E-state index in [0.717, 1.165) is 25.6 Å². The maximum Gasteiger partial charge on any atom is 0.245 e. The molecule has 2 aliphatic rings. The Morgan fingerprint density at radius 2 is 1.96 bits per heavy atom. The molecule has 23 heavy (non-hydrogen) atoms. The number of anilines is 1. The van der Waals surface area contributed by atoms with Crippen molar-refractivity contribution in [3.05, 3.63) is 35.9 Å². The Balaban J connectivity index is 1.44. The molecule has 1 aromatic carbocycles. The summed E-state index contributed by atoms with van der Waals surface area (Å²) in [5, 5.41) is 11.9. The molecule has 0 N–H and O–H groups in total. The van der Waals surface area contributed by atoms with Crippen molar-refractivity contribution in [1.29, 1.82) is 0 Å². The standard InChI is InChI=1S/C17H24N6/c1-21-16(18-19-20-21)23-11-9-17(14-23)8-5-10-22(13-17)12-15-6-3-2-4-7-15/h2-4,6-7H,5,8-14H2,1H3. The fraction of sp³-hybridized carbons (Fsp3) is 0.588. The number of aromatic nitrogens is 4. The highest BCUT2D eigenvalue weighted by atomic mass is 15.6. The van der Waals surface area contributed by atoms with Gasteiger partial charge in [-0.1, -0.05) is 35.4 Å². The van der Waals surface area contributed by atoms with Crippen LogP contribution < -0.4 is 4.90 Å². The minimum Gasteiger partial charge on any atom is -0.339 e. The van der Waals surface area contributed by atoms with E-state index in [4.69, 9.17) is 0 Å².